The third-order valence-corrected chi connectivity index (χ3v) is 6.68. The van der Waals surface area contributed by atoms with Gasteiger partial charge in [0.05, 0.1) is 6.61 Å². The second-order valence-corrected chi connectivity index (χ2v) is 8.86. The minimum atomic E-state index is -0.295. The number of rotatable bonds is 0. The lowest BCUT2D eigenvalue weighted by Crippen LogP contribution is -2.55. The van der Waals surface area contributed by atoms with Crippen molar-refractivity contribution < 1.29 is 14.3 Å². The lowest BCUT2D eigenvalue weighted by Gasteiger charge is -2.38. The number of H-pyrrole nitrogens is 1. The highest BCUT2D eigenvalue weighted by Crippen LogP contribution is 2.36. The molecule has 4 heterocycles. The largest absolute Gasteiger partial charge is 0.478 e. The summed E-state index contributed by atoms with van der Waals surface area (Å²) >= 11 is 0. The van der Waals surface area contributed by atoms with Crippen molar-refractivity contribution in [2.75, 3.05) is 25.0 Å². The normalized spacial score (nSPS) is 26.0. The predicted molar refractivity (Wildman–Crippen MR) is 116 cm³/mol. The van der Waals surface area contributed by atoms with Crippen LogP contribution >= 0.6 is 0 Å². The van der Waals surface area contributed by atoms with Gasteiger partial charge in [0, 0.05) is 41.2 Å². The van der Waals surface area contributed by atoms with E-state index in [0.717, 1.165) is 75.2 Å². The second-order valence-electron chi connectivity index (χ2n) is 8.86. The van der Waals surface area contributed by atoms with Gasteiger partial charge in [-0.1, -0.05) is 0 Å². The summed E-state index contributed by atoms with van der Waals surface area (Å²) in [6, 6.07) is 5.82. The zero-order chi connectivity index (χ0) is 21.1. The van der Waals surface area contributed by atoms with Crippen molar-refractivity contribution in [1.82, 2.24) is 25.8 Å². The van der Waals surface area contributed by atoms with Gasteiger partial charge in [-0.3, -0.25) is 5.10 Å². The fourth-order valence-corrected chi connectivity index (χ4v) is 4.98. The third kappa shape index (κ3) is 4.76. The number of aromatic amines is 1. The molecule has 4 N–H and O–H groups in total. The number of nitrogens with one attached hydrogen (secondary N) is 4. The molecule has 5 rings (SSSR count). The van der Waals surface area contributed by atoms with Crippen molar-refractivity contribution >= 4 is 17.6 Å². The number of piperidine rings is 1. The number of fused-ring (bicyclic) bond motifs is 7. The Morgan fingerprint density at radius 1 is 1.13 bits per heavy atom. The standard InChI is InChI=1S/C22H30N6O3/c29-21-26-22(6-9-23-10-7-22)5-1-11-30-20-13-16(4-8-24-20)25-19-14-18(27-28-19)15-2-3-17(12-15)31-21/h4,8,13-15,17,23H,1-3,5-7,9-12H2,(H,26,29)(H2,25,27,28)/t15-,17+/m0/s1. The van der Waals surface area contributed by atoms with E-state index in [4.69, 9.17) is 9.47 Å². The molecule has 2 atom stereocenters. The number of amides is 1. The van der Waals surface area contributed by atoms with Crippen LogP contribution in [0, 0.1) is 0 Å². The average Bonchev–Trinajstić information content (AvgIpc) is 3.41. The molecule has 0 aromatic carbocycles. The van der Waals surface area contributed by atoms with Gasteiger partial charge >= 0.3 is 6.09 Å². The van der Waals surface area contributed by atoms with Crippen LogP contribution in [0.3, 0.4) is 0 Å². The van der Waals surface area contributed by atoms with E-state index in [0.29, 0.717) is 18.4 Å². The van der Waals surface area contributed by atoms with Gasteiger partial charge < -0.3 is 25.4 Å². The first-order chi connectivity index (χ1) is 15.2. The fourth-order valence-electron chi connectivity index (χ4n) is 4.98. The zero-order valence-electron chi connectivity index (χ0n) is 17.7. The number of nitrogens with zero attached hydrogens (tertiary/aromatic N) is 2. The highest BCUT2D eigenvalue weighted by atomic mass is 16.6. The lowest BCUT2D eigenvalue weighted by atomic mass is 9.84. The van der Waals surface area contributed by atoms with Gasteiger partial charge in [0.1, 0.15) is 6.10 Å². The minimum Gasteiger partial charge on any atom is -0.478 e. The fraction of sp³-hybridized carbons (Fsp3) is 0.591. The number of aromatic nitrogens is 3. The molecule has 1 spiro atoms. The van der Waals surface area contributed by atoms with Crippen LogP contribution in [0.1, 0.15) is 56.6 Å². The van der Waals surface area contributed by atoms with Crippen molar-refractivity contribution in [3.63, 3.8) is 0 Å². The molecule has 3 aliphatic rings. The zero-order valence-corrected chi connectivity index (χ0v) is 17.7. The van der Waals surface area contributed by atoms with Crippen LogP contribution in [0.25, 0.3) is 0 Å². The maximum atomic E-state index is 12.8. The molecular weight excluding hydrogens is 396 g/mol. The Kier molecular flexibility index (Phi) is 5.67. The molecule has 166 valence electrons. The minimum absolute atomic E-state index is 0.0616. The van der Waals surface area contributed by atoms with Gasteiger partial charge in [0.25, 0.3) is 0 Å². The van der Waals surface area contributed by atoms with Crippen molar-refractivity contribution in [3.05, 3.63) is 30.1 Å². The summed E-state index contributed by atoms with van der Waals surface area (Å²) in [7, 11) is 0. The molecule has 31 heavy (non-hydrogen) atoms. The number of anilines is 2. The quantitative estimate of drug-likeness (QED) is 0.512. The highest BCUT2D eigenvalue weighted by molar-refractivity contribution is 5.68. The Morgan fingerprint density at radius 2 is 2.03 bits per heavy atom. The molecule has 2 aliphatic heterocycles. The summed E-state index contributed by atoms with van der Waals surface area (Å²) in [6.07, 6.45) is 7.50. The van der Waals surface area contributed by atoms with E-state index in [1.807, 2.05) is 18.2 Å². The first-order valence-electron chi connectivity index (χ1n) is 11.3. The Labute approximate surface area is 181 Å². The molecular formula is C22H30N6O3. The number of alkyl carbamates (subject to hydrolysis) is 1. The first kappa shape index (κ1) is 20.1. The average molecular weight is 427 g/mol. The maximum Gasteiger partial charge on any atom is 0.407 e. The van der Waals surface area contributed by atoms with Gasteiger partial charge in [-0.2, -0.15) is 5.10 Å². The van der Waals surface area contributed by atoms with Crippen molar-refractivity contribution in [3.8, 4) is 5.88 Å². The van der Waals surface area contributed by atoms with E-state index < -0.39 is 0 Å². The predicted octanol–water partition coefficient (Wildman–Crippen LogP) is 3.21. The van der Waals surface area contributed by atoms with E-state index in [1.165, 1.54) is 0 Å². The number of ether oxygens (including phenoxy) is 2. The van der Waals surface area contributed by atoms with Crippen LogP contribution in [-0.2, 0) is 4.74 Å². The Balaban J connectivity index is 1.36. The summed E-state index contributed by atoms with van der Waals surface area (Å²) in [5.41, 5.74) is 1.71. The number of hydrogen-bond donors (Lipinski definition) is 4. The Hall–Kier alpha value is -2.81. The molecule has 2 aromatic rings. The molecule has 0 unspecified atom stereocenters. The molecule has 1 aliphatic carbocycles. The monoisotopic (exact) mass is 426 g/mol. The van der Waals surface area contributed by atoms with Crippen LogP contribution in [0.4, 0.5) is 16.3 Å². The lowest BCUT2D eigenvalue weighted by molar-refractivity contribution is 0.0828. The first-order valence-corrected chi connectivity index (χ1v) is 11.3. The van der Waals surface area contributed by atoms with Crippen LogP contribution < -0.4 is 20.7 Å². The Bertz CT molecular complexity index is 910. The van der Waals surface area contributed by atoms with Gasteiger partial charge in [-0.25, -0.2) is 9.78 Å². The van der Waals surface area contributed by atoms with Gasteiger partial charge in [0.2, 0.25) is 5.88 Å². The van der Waals surface area contributed by atoms with Crippen LogP contribution in [0.2, 0.25) is 0 Å². The molecule has 1 saturated heterocycles. The molecule has 1 saturated carbocycles. The summed E-state index contributed by atoms with van der Waals surface area (Å²) in [6.45, 7) is 2.33. The number of hydrogen-bond acceptors (Lipinski definition) is 7. The number of pyridine rings is 1. The summed E-state index contributed by atoms with van der Waals surface area (Å²) in [4.78, 5) is 17.1. The Morgan fingerprint density at radius 3 is 2.94 bits per heavy atom. The van der Waals surface area contributed by atoms with Gasteiger partial charge in [-0.05, 0) is 64.1 Å². The summed E-state index contributed by atoms with van der Waals surface area (Å²) in [5, 5.41) is 17.5. The molecule has 9 heteroatoms. The molecule has 9 nitrogen and oxygen atoms in total. The van der Waals surface area contributed by atoms with Crippen molar-refractivity contribution in [2.24, 2.45) is 0 Å². The third-order valence-electron chi connectivity index (χ3n) is 6.68. The van der Waals surface area contributed by atoms with E-state index in [9.17, 15) is 4.79 Å². The van der Waals surface area contributed by atoms with E-state index in [-0.39, 0.29) is 17.7 Å². The topological polar surface area (TPSA) is 113 Å². The molecule has 0 radical (unpaired) electrons. The smallest absolute Gasteiger partial charge is 0.407 e. The summed E-state index contributed by atoms with van der Waals surface area (Å²) in [5.74, 6) is 1.64. The van der Waals surface area contributed by atoms with Crippen molar-refractivity contribution in [2.45, 2.75) is 62.5 Å². The van der Waals surface area contributed by atoms with Crippen LogP contribution in [-0.4, -0.2) is 52.6 Å². The molecule has 2 aromatic heterocycles. The number of carbonyl (C=O) groups excluding carboxylic acids is 1. The number of carbonyl (C=O) groups is 1. The van der Waals surface area contributed by atoms with Gasteiger partial charge in [-0.15, -0.1) is 0 Å². The molecule has 2 fully saturated rings. The van der Waals surface area contributed by atoms with Crippen molar-refractivity contribution in [1.29, 1.82) is 0 Å². The molecule has 6 bridgehead atoms. The van der Waals surface area contributed by atoms with E-state index in [1.54, 1.807) is 6.20 Å². The van der Waals surface area contributed by atoms with E-state index >= 15 is 0 Å². The van der Waals surface area contributed by atoms with Crippen LogP contribution in [0.15, 0.2) is 24.4 Å². The van der Waals surface area contributed by atoms with E-state index in [2.05, 4.69) is 31.1 Å². The summed E-state index contributed by atoms with van der Waals surface area (Å²) < 4.78 is 11.7. The maximum absolute atomic E-state index is 12.8. The van der Waals surface area contributed by atoms with Crippen LogP contribution in [0.5, 0.6) is 5.88 Å². The SMILES string of the molecule is O=C1NC2(CCCOc3cc(ccn3)Nc3cc([nH]n3)[C@H]3CC[C@H](C3)O1)CCNCC2. The highest BCUT2D eigenvalue weighted by Gasteiger charge is 2.36. The second kappa shape index (κ2) is 8.74. The van der Waals surface area contributed by atoms with Gasteiger partial charge in [0.15, 0.2) is 5.82 Å². The molecule has 1 amide bonds.